The number of hydrogen-bond donors (Lipinski definition) is 1. The number of nitrogens with zero attached hydrogens (tertiary/aromatic N) is 3. The van der Waals surface area contributed by atoms with E-state index in [2.05, 4.69) is 14.9 Å². The summed E-state index contributed by atoms with van der Waals surface area (Å²) in [7, 11) is 0. The van der Waals surface area contributed by atoms with Crippen LogP contribution >= 0.6 is 0 Å². The van der Waals surface area contributed by atoms with Crippen LogP contribution in [0.2, 0.25) is 0 Å². The molecule has 1 aliphatic rings. The molecule has 2 heterocycles. The van der Waals surface area contributed by atoms with Crippen molar-refractivity contribution in [3.05, 3.63) is 12.3 Å². The van der Waals surface area contributed by atoms with Gasteiger partial charge in [-0.1, -0.05) is 0 Å². The minimum atomic E-state index is 0.170. The Hall–Kier alpha value is -1.40. The minimum Gasteiger partial charge on any atom is -0.478 e. The van der Waals surface area contributed by atoms with Crippen molar-refractivity contribution in [3.8, 4) is 5.88 Å². The van der Waals surface area contributed by atoms with Crippen LogP contribution in [0.5, 0.6) is 5.88 Å². The summed E-state index contributed by atoms with van der Waals surface area (Å²) in [5, 5.41) is 0. The highest BCUT2D eigenvalue weighted by Gasteiger charge is 2.21. The minimum absolute atomic E-state index is 0.170. The largest absolute Gasteiger partial charge is 0.478 e. The van der Waals surface area contributed by atoms with E-state index >= 15 is 0 Å². The van der Waals surface area contributed by atoms with E-state index in [0.29, 0.717) is 31.6 Å². The summed E-state index contributed by atoms with van der Waals surface area (Å²) in [5.41, 5.74) is 5.56. The fraction of sp³-hybridized carbons (Fsp3) is 0.667. The molecule has 0 bridgehead atoms. The second kappa shape index (κ2) is 6.51. The predicted octanol–water partition coefficient (Wildman–Crippen LogP) is 0.429. The van der Waals surface area contributed by atoms with Gasteiger partial charge in [-0.05, 0) is 19.9 Å². The zero-order valence-corrected chi connectivity index (χ0v) is 10.7. The quantitative estimate of drug-likeness (QED) is 0.819. The molecule has 0 amide bonds. The van der Waals surface area contributed by atoms with Gasteiger partial charge in [0.25, 0.3) is 0 Å². The topological polar surface area (TPSA) is 73.5 Å². The highest BCUT2D eigenvalue weighted by atomic mass is 16.5. The van der Waals surface area contributed by atoms with Gasteiger partial charge in [-0.25, -0.2) is 4.98 Å². The Balaban J connectivity index is 2.03. The molecule has 6 heteroatoms. The molecule has 18 heavy (non-hydrogen) atoms. The average Bonchev–Trinajstić information content (AvgIpc) is 2.40. The van der Waals surface area contributed by atoms with Gasteiger partial charge in [0.2, 0.25) is 11.8 Å². The molecule has 1 aromatic heterocycles. The summed E-state index contributed by atoms with van der Waals surface area (Å²) in [4.78, 5) is 10.8. The number of anilines is 1. The summed E-state index contributed by atoms with van der Waals surface area (Å²) in [6, 6.07) is 1.77. The van der Waals surface area contributed by atoms with Crippen molar-refractivity contribution in [2.75, 3.05) is 37.7 Å². The summed E-state index contributed by atoms with van der Waals surface area (Å²) in [6.07, 6.45) is 2.76. The van der Waals surface area contributed by atoms with Crippen molar-refractivity contribution in [1.29, 1.82) is 0 Å². The lowest BCUT2D eigenvalue weighted by Gasteiger charge is -2.32. The normalized spacial score (nSPS) is 19.9. The molecule has 0 unspecified atom stereocenters. The van der Waals surface area contributed by atoms with Gasteiger partial charge in [-0.2, -0.15) is 4.98 Å². The highest BCUT2D eigenvalue weighted by molar-refractivity contribution is 5.32. The number of ether oxygens (including phenoxy) is 2. The van der Waals surface area contributed by atoms with Gasteiger partial charge in [0.05, 0.1) is 19.3 Å². The van der Waals surface area contributed by atoms with Crippen molar-refractivity contribution < 1.29 is 9.47 Å². The van der Waals surface area contributed by atoms with Crippen molar-refractivity contribution in [3.63, 3.8) is 0 Å². The molecule has 1 atom stereocenters. The van der Waals surface area contributed by atoms with Gasteiger partial charge in [-0.15, -0.1) is 0 Å². The summed E-state index contributed by atoms with van der Waals surface area (Å²) >= 11 is 0. The van der Waals surface area contributed by atoms with Crippen LogP contribution in [0.1, 0.15) is 13.3 Å². The van der Waals surface area contributed by atoms with Crippen molar-refractivity contribution in [1.82, 2.24) is 9.97 Å². The molecular formula is C12H20N4O2. The third-order valence-electron chi connectivity index (χ3n) is 2.82. The highest BCUT2D eigenvalue weighted by Crippen LogP contribution is 2.16. The molecule has 0 saturated carbocycles. The first-order valence-corrected chi connectivity index (χ1v) is 6.36. The molecule has 1 saturated heterocycles. The van der Waals surface area contributed by atoms with E-state index in [-0.39, 0.29) is 6.10 Å². The first-order chi connectivity index (χ1) is 8.83. The Morgan fingerprint density at radius 3 is 3.28 bits per heavy atom. The molecule has 2 rings (SSSR count). The van der Waals surface area contributed by atoms with E-state index in [0.717, 1.165) is 19.5 Å². The van der Waals surface area contributed by atoms with E-state index in [1.807, 2.05) is 6.92 Å². The van der Waals surface area contributed by atoms with Gasteiger partial charge in [-0.3, -0.25) is 0 Å². The third kappa shape index (κ3) is 3.30. The molecule has 1 aromatic rings. The standard InChI is InChI=1S/C12H20N4O2/c1-2-17-11-4-6-14-12(15-11)16-7-8-18-10(9-16)3-5-13/h4,6,10H,2-3,5,7-9,13H2,1H3/t10-/m0/s1. The van der Waals surface area contributed by atoms with Crippen LogP contribution in [0.4, 0.5) is 5.95 Å². The van der Waals surface area contributed by atoms with Crippen molar-refractivity contribution >= 4 is 5.95 Å². The second-order valence-electron chi connectivity index (χ2n) is 4.14. The Labute approximate surface area is 107 Å². The lowest BCUT2D eigenvalue weighted by atomic mass is 10.2. The van der Waals surface area contributed by atoms with Gasteiger partial charge < -0.3 is 20.1 Å². The maximum absolute atomic E-state index is 5.64. The van der Waals surface area contributed by atoms with E-state index in [1.165, 1.54) is 0 Å². The summed E-state index contributed by atoms with van der Waals surface area (Å²) in [6.45, 7) is 5.46. The van der Waals surface area contributed by atoms with E-state index in [9.17, 15) is 0 Å². The van der Waals surface area contributed by atoms with Crippen LogP contribution in [0.25, 0.3) is 0 Å². The molecule has 100 valence electrons. The number of hydrogen-bond acceptors (Lipinski definition) is 6. The monoisotopic (exact) mass is 252 g/mol. The maximum atomic E-state index is 5.64. The number of aromatic nitrogens is 2. The number of morpholine rings is 1. The molecule has 2 N–H and O–H groups in total. The first-order valence-electron chi connectivity index (χ1n) is 6.36. The molecule has 0 aliphatic carbocycles. The Kier molecular flexibility index (Phi) is 4.72. The fourth-order valence-corrected chi connectivity index (χ4v) is 1.97. The first kappa shape index (κ1) is 13.0. The van der Waals surface area contributed by atoms with Gasteiger partial charge in [0.15, 0.2) is 0 Å². The van der Waals surface area contributed by atoms with Crippen molar-refractivity contribution in [2.45, 2.75) is 19.4 Å². The molecule has 1 fully saturated rings. The fourth-order valence-electron chi connectivity index (χ4n) is 1.97. The molecule has 0 spiro atoms. The Morgan fingerprint density at radius 2 is 2.50 bits per heavy atom. The second-order valence-corrected chi connectivity index (χ2v) is 4.14. The summed E-state index contributed by atoms with van der Waals surface area (Å²) in [5.74, 6) is 1.32. The zero-order valence-electron chi connectivity index (χ0n) is 10.7. The van der Waals surface area contributed by atoms with E-state index in [1.54, 1.807) is 12.3 Å². The van der Waals surface area contributed by atoms with Gasteiger partial charge >= 0.3 is 0 Å². The van der Waals surface area contributed by atoms with Gasteiger partial charge in [0, 0.05) is 25.4 Å². The Morgan fingerprint density at radius 1 is 1.61 bits per heavy atom. The van der Waals surface area contributed by atoms with Gasteiger partial charge in [0.1, 0.15) is 0 Å². The zero-order chi connectivity index (χ0) is 12.8. The lowest BCUT2D eigenvalue weighted by molar-refractivity contribution is 0.0363. The predicted molar refractivity (Wildman–Crippen MR) is 68.8 cm³/mol. The van der Waals surface area contributed by atoms with E-state index in [4.69, 9.17) is 15.2 Å². The lowest BCUT2D eigenvalue weighted by Crippen LogP contribution is -2.44. The van der Waals surface area contributed by atoms with E-state index < -0.39 is 0 Å². The molecular weight excluding hydrogens is 232 g/mol. The molecule has 0 aromatic carbocycles. The number of rotatable bonds is 5. The van der Waals surface area contributed by atoms with Crippen LogP contribution in [-0.4, -0.2) is 48.9 Å². The van der Waals surface area contributed by atoms with Crippen LogP contribution in [0, 0.1) is 0 Å². The van der Waals surface area contributed by atoms with Crippen molar-refractivity contribution in [2.24, 2.45) is 5.73 Å². The molecule has 1 aliphatic heterocycles. The van der Waals surface area contributed by atoms with Crippen LogP contribution in [0.3, 0.4) is 0 Å². The van der Waals surface area contributed by atoms with Crippen LogP contribution in [0.15, 0.2) is 12.3 Å². The SMILES string of the molecule is CCOc1ccnc(N2CCO[C@@H](CCN)C2)n1. The third-order valence-corrected chi connectivity index (χ3v) is 2.82. The average molecular weight is 252 g/mol. The molecule has 0 radical (unpaired) electrons. The Bertz CT molecular complexity index is 373. The maximum Gasteiger partial charge on any atom is 0.228 e. The molecule has 6 nitrogen and oxygen atoms in total. The van der Waals surface area contributed by atoms with Crippen LogP contribution in [-0.2, 0) is 4.74 Å². The smallest absolute Gasteiger partial charge is 0.228 e. The number of nitrogens with two attached hydrogens (primary N) is 1. The summed E-state index contributed by atoms with van der Waals surface area (Å²) < 4.78 is 11.0. The van der Waals surface area contributed by atoms with Crippen LogP contribution < -0.4 is 15.4 Å².